The van der Waals surface area contributed by atoms with Crippen LogP contribution in [0, 0.1) is 0 Å². The fourth-order valence-corrected chi connectivity index (χ4v) is 5.79. The lowest BCUT2D eigenvalue weighted by molar-refractivity contribution is -0.0135. The minimum atomic E-state index is 0.470. The third-order valence-corrected chi connectivity index (χ3v) is 6.77. The Morgan fingerprint density at radius 3 is 3.00 bits per heavy atom. The molecular weight excluding hydrogens is 264 g/mol. The first-order valence-corrected chi connectivity index (χ1v) is 9.31. The van der Waals surface area contributed by atoms with Crippen molar-refractivity contribution >= 4 is 11.3 Å². The third kappa shape index (κ3) is 2.15. The number of aryl methyl sites for hydroxylation is 1. The summed E-state index contributed by atoms with van der Waals surface area (Å²) in [5.41, 5.74) is 2.14. The van der Waals surface area contributed by atoms with Crippen LogP contribution < -0.4 is 5.32 Å². The Morgan fingerprint density at radius 1 is 1.20 bits per heavy atom. The van der Waals surface area contributed by atoms with Gasteiger partial charge in [0.25, 0.3) is 0 Å². The Labute approximate surface area is 126 Å². The van der Waals surface area contributed by atoms with Crippen LogP contribution >= 0.6 is 11.3 Å². The molecule has 2 nitrogen and oxygen atoms in total. The highest BCUT2D eigenvalue weighted by Crippen LogP contribution is 2.44. The average molecular weight is 290 g/mol. The summed E-state index contributed by atoms with van der Waals surface area (Å²) in [5, 5.41) is 6.01. The number of thiophene rings is 1. The largest absolute Gasteiger partial charge is 0.314 e. The molecular formula is C17H26N2S. The number of fused-ring (bicyclic) bond motifs is 1. The van der Waals surface area contributed by atoms with Gasteiger partial charge in [-0.15, -0.1) is 11.3 Å². The van der Waals surface area contributed by atoms with E-state index in [1.165, 1.54) is 71.0 Å². The van der Waals surface area contributed by atoms with Crippen LogP contribution in [0.2, 0.25) is 0 Å². The maximum Gasteiger partial charge on any atom is 0.0365 e. The third-order valence-electron chi connectivity index (χ3n) is 5.77. The number of hydrogen-bond acceptors (Lipinski definition) is 3. The van der Waals surface area contributed by atoms with E-state index >= 15 is 0 Å². The van der Waals surface area contributed by atoms with E-state index in [4.69, 9.17) is 0 Å². The van der Waals surface area contributed by atoms with Crippen LogP contribution in [0.25, 0.3) is 0 Å². The van der Waals surface area contributed by atoms with Crippen LogP contribution in [-0.4, -0.2) is 30.1 Å². The van der Waals surface area contributed by atoms with Crippen molar-refractivity contribution in [3.8, 4) is 0 Å². The number of nitrogens with one attached hydrogen (secondary N) is 1. The maximum atomic E-state index is 3.69. The molecule has 1 N–H and O–H groups in total. The van der Waals surface area contributed by atoms with Gasteiger partial charge >= 0.3 is 0 Å². The summed E-state index contributed by atoms with van der Waals surface area (Å²) >= 11 is 1.99. The molecule has 0 amide bonds. The van der Waals surface area contributed by atoms with Gasteiger partial charge in [-0.05, 0) is 49.1 Å². The highest BCUT2D eigenvalue weighted by atomic mass is 32.1. The Hall–Kier alpha value is -0.380. The molecule has 110 valence electrons. The van der Waals surface area contributed by atoms with Crippen molar-refractivity contribution in [2.75, 3.05) is 19.6 Å². The average Bonchev–Trinajstić information content (AvgIpc) is 2.97. The monoisotopic (exact) mass is 290 g/mol. The Kier molecular flexibility index (Phi) is 3.61. The summed E-state index contributed by atoms with van der Waals surface area (Å²) in [5.74, 6) is 0. The zero-order valence-corrected chi connectivity index (χ0v) is 13.2. The lowest BCUT2D eigenvalue weighted by atomic mass is 9.76. The van der Waals surface area contributed by atoms with Crippen molar-refractivity contribution in [2.24, 2.45) is 0 Å². The molecule has 2 fully saturated rings. The van der Waals surface area contributed by atoms with Crippen LogP contribution in [0.5, 0.6) is 0 Å². The molecule has 0 bridgehead atoms. The molecule has 1 aromatic heterocycles. The van der Waals surface area contributed by atoms with Crippen molar-refractivity contribution in [3.63, 3.8) is 0 Å². The van der Waals surface area contributed by atoms with E-state index in [0.717, 1.165) is 0 Å². The number of hydrogen-bond donors (Lipinski definition) is 1. The zero-order valence-electron chi connectivity index (χ0n) is 12.4. The second-order valence-electron chi connectivity index (χ2n) is 6.86. The summed E-state index contributed by atoms with van der Waals surface area (Å²) in [6.07, 6.45) is 11.2. The van der Waals surface area contributed by atoms with Crippen LogP contribution in [0.3, 0.4) is 0 Å². The van der Waals surface area contributed by atoms with E-state index in [0.29, 0.717) is 11.6 Å². The van der Waals surface area contributed by atoms with Crippen molar-refractivity contribution in [2.45, 2.75) is 62.9 Å². The van der Waals surface area contributed by atoms with Crippen molar-refractivity contribution in [1.29, 1.82) is 0 Å². The minimum absolute atomic E-state index is 0.470. The van der Waals surface area contributed by atoms with Gasteiger partial charge in [-0.3, -0.25) is 4.90 Å². The summed E-state index contributed by atoms with van der Waals surface area (Å²) in [4.78, 5) is 4.60. The quantitative estimate of drug-likeness (QED) is 0.848. The van der Waals surface area contributed by atoms with Crippen molar-refractivity contribution in [1.82, 2.24) is 10.2 Å². The molecule has 4 rings (SSSR count). The van der Waals surface area contributed by atoms with Gasteiger partial charge in [-0.2, -0.15) is 0 Å². The van der Waals surface area contributed by atoms with E-state index < -0.39 is 0 Å². The molecule has 1 atom stereocenters. The van der Waals surface area contributed by atoms with Gasteiger partial charge < -0.3 is 5.32 Å². The highest BCUT2D eigenvalue weighted by Gasteiger charge is 2.44. The van der Waals surface area contributed by atoms with Gasteiger partial charge in [0.05, 0.1) is 0 Å². The molecule has 1 saturated carbocycles. The molecule has 20 heavy (non-hydrogen) atoms. The lowest BCUT2D eigenvalue weighted by Gasteiger charge is -2.53. The van der Waals surface area contributed by atoms with Gasteiger partial charge in [0, 0.05) is 36.1 Å². The molecule has 2 heterocycles. The van der Waals surface area contributed by atoms with Gasteiger partial charge in [0.15, 0.2) is 0 Å². The Balaban J connectivity index is 1.66. The molecule has 3 heteroatoms. The smallest absolute Gasteiger partial charge is 0.0365 e. The van der Waals surface area contributed by atoms with Gasteiger partial charge in [0.1, 0.15) is 0 Å². The maximum absolute atomic E-state index is 3.69. The predicted octanol–water partition coefficient (Wildman–Crippen LogP) is 3.73. The fraction of sp³-hybridized carbons (Fsp3) is 0.765. The molecule has 1 aromatic rings. The highest BCUT2D eigenvalue weighted by molar-refractivity contribution is 7.10. The van der Waals surface area contributed by atoms with E-state index in [1.807, 2.05) is 11.3 Å². The van der Waals surface area contributed by atoms with Crippen LogP contribution in [-0.2, 0) is 6.42 Å². The van der Waals surface area contributed by atoms with Crippen molar-refractivity contribution < 1.29 is 0 Å². The number of nitrogens with zero attached hydrogens (tertiary/aromatic N) is 1. The molecule has 0 aromatic carbocycles. The van der Waals surface area contributed by atoms with E-state index in [-0.39, 0.29) is 0 Å². The topological polar surface area (TPSA) is 15.3 Å². The fourth-order valence-electron chi connectivity index (χ4n) is 4.81. The Morgan fingerprint density at radius 2 is 2.10 bits per heavy atom. The molecule has 3 aliphatic rings. The first kappa shape index (κ1) is 13.3. The molecule has 0 radical (unpaired) electrons. The summed E-state index contributed by atoms with van der Waals surface area (Å²) in [7, 11) is 0. The molecule has 2 aliphatic carbocycles. The molecule has 1 unspecified atom stereocenters. The SMILES string of the molecule is c1cc2c(s1)CCCC2N1CCNCC12CCCCC2. The Bertz CT molecular complexity index is 453. The van der Waals surface area contributed by atoms with Crippen LogP contribution in [0.4, 0.5) is 0 Å². The predicted molar refractivity (Wildman–Crippen MR) is 85.4 cm³/mol. The second kappa shape index (κ2) is 5.43. The second-order valence-corrected chi connectivity index (χ2v) is 7.86. The molecule has 1 aliphatic heterocycles. The summed E-state index contributed by atoms with van der Waals surface area (Å²) in [6.45, 7) is 3.65. The van der Waals surface area contributed by atoms with Crippen LogP contribution in [0.1, 0.15) is 61.4 Å². The number of piperazine rings is 1. The first-order chi connectivity index (χ1) is 9.89. The van der Waals surface area contributed by atoms with E-state index in [9.17, 15) is 0 Å². The molecule has 1 saturated heterocycles. The normalized spacial score (nSPS) is 30.3. The lowest BCUT2D eigenvalue weighted by Crippen LogP contribution is -2.62. The minimum Gasteiger partial charge on any atom is -0.314 e. The van der Waals surface area contributed by atoms with Crippen molar-refractivity contribution in [3.05, 3.63) is 21.9 Å². The van der Waals surface area contributed by atoms with Crippen LogP contribution in [0.15, 0.2) is 11.4 Å². The standard InChI is InChI=1S/C17H26N2S/c1-2-8-17(9-3-1)13-18-10-11-19(17)15-5-4-6-16-14(15)7-12-20-16/h7,12,15,18H,1-6,8-11,13H2. The van der Waals surface area contributed by atoms with Gasteiger partial charge in [-0.1, -0.05) is 19.3 Å². The van der Waals surface area contributed by atoms with E-state index in [1.54, 1.807) is 10.4 Å². The summed E-state index contributed by atoms with van der Waals surface area (Å²) < 4.78 is 0. The molecule has 1 spiro atoms. The van der Waals surface area contributed by atoms with Gasteiger partial charge in [-0.25, -0.2) is 0 Å². The summed E-state index contributed by atoms with van der Waals surface area (Å²) in [6, 6.07) is 3.13. The van der Waals surface area contributed by atoms with E-state index in [2.05, 4.69) is 21.7 Å². The number of rotatable bonds is 1. The zero-order chi connectivity index (χ0) is 13.4. The first-order valence-electron chi connectivity index (χ1n) is 8.43. The van der Waals surface area contributed by atoms with Gasteiger partial charge in [0.2, 0.25) is 0 Å².